The average Bonchev–Trinajstić information content (AvgIpc) is 2.97. The molecule has 0 saturated heterocycles. The first-order valence-corrected chi connectivity index (χ1v) is 6.45. The van der Waals surface area contributed by atoms with E-state index in [1.165, 1.54) is 0 Å². The van der Waals surface area contributed by atoms with E-state index in [0.29, 0.717) is 11.7 Å². The first-order chi connectivity index (χ1) is 9.74. The van der Waals surface area contributed by atoms with Crippen LogP contribution in [0.15, 0.2) is 59.1 Å². The van der Waals surface area contributed by atoms with Crippen molar-refractivity contribution < 1.29 is 4.52 Å². The van der Waals surface area contributed by atoms with Gasteiger partial charge < -0.3 is 10.3 Å². The summed E-state index contributed by atoms with van der Waals surface area (Å²) in [6.45, 7) is 2.03. The Morgan fingerprint density at radius 3 is 2.60 bits per heavy atom. The van der Waals surface area contributed by atoms with Gasteiger partial charge in [0.15, 0.2) is 0 Å². The van der Waals surface area contributed by atoms with Crippen LogP contribution in [-0.4, -0.2) is 10.1 Å². The van der Waals surface area contributed by atoms with Crippen molar-refractivity contribution >= 4 is 0 Å². The Labute approximate surface area is 117 Å². The molecular formula is C16H15N3O. The molecule has 0 spiro atoms. The van der Waals surface area contributed by atoms with Crippen molar-refractivity contribution in [2.24, 2.45) is 5.73 Å². The lowest BCUT2D eigenvalue weighted by atomic mass is 10.1. The van der Waals surface area contributed by atoms with Crippen molar-refractivity contribution in [1.82, 2.24) is 10.1 Å². The zero-order valence-electron chi connectivity index (χ0n) is 11.2. The van der Waals surface area contributed by atoms with Gasteiger partial charge in [-0.15, -0.1) is 0 Å². The van der Waals surface area contributed by atoms with Gasteiger partial charge in [-0.2, -0.15) is 4.98 Å². The monoisotopic (exact) mass is 265 g/mol. The van der Waals surface area contributed by atoms with E-state index in [0.717, 1.165) is 16.7 Å². The van der Waals surface area contributed by atoms with Crippen LogP contribution in [-0.2, 0) is 0 Å². The lowest BCUT2D eigenvalue weighted by molar-refractivity contribution is 0.367. The van der Waals surface area contributed by atoms with Crippen molar-refractivity contribution in [1.29, 1.82) is 0 Å². The maximum absolute atomic E-state index is 6.14. The third kappa shape index (κ3) is 2.46. The van der Waals surface area contributed by atoms with Crippen LogP contribution in [0.25, 0.3) is 11.4 Å². The van der Waals surface area contributed by atoms with Crippen LogP contribution in [0.2, 0.25) is 0 Å². The molecule has 1 heterocycles. The standard InChI is InChI=1S/C16H15N3O/c1-11-6-5-9-13(10-11)15-18-16(20-19-15)14(17)12-7-3-2-4-8-12/h2-10,14H,17H2,1H3. The third-order valence-electron chi connectivity index (χ3n) is 3.14. The molecule has 1 aromatic heterocycles. The first-order valence-electron chi connectivity index (χ1n) is 6.45. The fraction of sp³-hybridized carbons (Fsp3) is 0.125. The predicted molar refractivity (Wildman–Crippen MR) is 76.9 cm³/mol. The van der Waals surface area contributed by atoms with E-state index in [2.05, 4.69) is 10.1 Å². The van der Waals surface area contributed by atoms with Crippen molar-refractivity contribution in [3.8, 4) is 11.4 Å². The van der Waals surface area contributed by atoms with Crippen molar-refractivity contribution in [3.63, 3.8) is 0 Å². The van der Waals surface area contributed by atoms with Gasteiger partial charge in [0, 0.05) is 5.56 Å². The number of hydrogen-bond acceptors (Lipinski definition) is 4. The van der Waals surface area contributed by atoms with Gasteiger partial charge in [-0.1, -0.05) is 59.3 Å². The molecule has 0 radical (unpaired) electrons. The maximum Gasteiger partial charge on any atom is 0.248 e. The zero-order valence-corrected chi connectivity index (χ0v) is 11.2. The molecule has 4 nitrogen and oxygen atoms in total. The molecule has 3 aromatic rings. The van der Waals surface area contributed by atoms with Gasteiger partial charge in [-0.3, -0.25) is 0 Å². The van der Waals surface area contributed by atoms with Crippen LogP contribution < -0.4 is 5.73 Å². The third-order valence-corrected chi connectivity index (χ3v) is 3.14. The molecule has 0 aliphatic rings. The fourth-order valence-electron chi connectivity index (χ4n) is 2.07. The molecule has 20 heavy (non-hydrogen) atoms. The highest BCUT2D eigenvalue weighted by molar-refractivity contribution is 5.55. The van der Waals surface area contributed by atoms with Crippen LogP contribution in [0.3, 0.4) is 0 Å². The van der Waals surface area contributed by atoms with E-state index in [1.807, 2.05) is 61.5 Å². The Bertz CT molecular complexity index is 707. The number of rotatable bonds is 3. The topological polar surface area (TPSA) is 64.9 Å². The van der Waals surface area contributed by atoms with Crippen LogP contribution in [0.1, 0.15) is 23.1 Å². The Kier molecular flexibility index (Phi) is 3.31. The first kappa shape index (κ1) is 12.6. The Hall–Kier alpha value is -2.46. The molecule has 0 aliphatic carbocycles. The van der Waals surface area contributed by atoms with Gasteiger partial charge in [0.05, 0.1) is 0 Å². The average molecular weight is 265 g/mol. The normalized spacial score (nSPS) is 12.3. The summed E-state index contributed by atoms with van der Waals surface area (Å²) >= 11 is 0. The molecule has 1 atom stereocenters. The second kappa shape index (κ2) is 5.27. The van der Waals surface area contributed by atoms with E-state index in [-0.39, 0.29) is 0 Å². The molecule has 0 fully saturated rings. The van der Waals surface area contributed by atoms with E-state index in [1.54, 1.807) is 0 Å². The molecule has 0 saturated carbocycles. The van der Waals surface area contributed by atoms with Crippen molar-refractivity contribution in [2.75, 3.05) is 0 Å². The van der Waals surface area contributed by atoms with E-state index in [4.69, 9.17) is 10.3 Å². The highest BCUT2D eigenvalue weighted by Crippen LogP contribution is 2.22. The van der Waals surface area contributed by atoms with Crippen LogP contribution in [0, 0.1) is 6.92 Å². The van der Waals surface area contributed by atoms with E-state index >= 15 is 0 Å². The van der Waals surface area contributed by atoms with Gasteiger partial charge in [0.2, 0.25) is 11.7 Å². The lowest BCUT2D eigenvalue weighted by Crippen LogP contribution is -2.11. The van der Waals surface area contributed by atoms with Gasteiger partial charge in [-0.25, -0.2) is 0 Å². The minimum atomic E-state index is -0.401. The summed E-state index contributed by atoms with van der Waals surface area (Å²) in [5.41, 5.74) is 9.18. The van der Waals surface area contributed by atoms with Crippen LogP contribution >= 0.6 is 0 Å². The summed E-state index contributed by atoms with van der Waals surface area (Å²) < 4.78 is 5.29. The molecule has 0 bridgehead atoms. The summed E-state index contributed by atoms with van der Waals surface area (Å²) in [4.78, 5) is 4.40. The molecule has 0 aliphatic heterocycles. The van der Waals surface area contributed by atoms with Crippen molar-refractivity contribution in [3.05, 3.63) is 71.6 Å². The number of aryl methyl sites for hydroxylation is 1. The molecule has 0 amide bonds. The minimum Gasteiger partial charge on any atom is -0.337 e. The highest BCUT2D eigenvalue weighted by atomic mass is 16.5. The molecule has 100 valence electrons. The summed E-state index contributed by atoms with van der Waals surface area (Å²) in [5.74, 6) is 0.989. The van der Waals surface area contributed by atoms with Crippen molar-refractivity contribution in [2.45, 2.75) is 13.0 Å². The molecule has 4 heteroatoms. The quantitative estimate of drug-likeness (QED) is 0.790. The Balaban J connectivity index is 1.91. The second-order valence-corrected chi connectivity index (χ2v) is 4.71. The summed E-state index contributed by atoms with van der Waals surface area (Å²) in [6, 6.07) is 17.3. The largest absolute Gasteiger partial charge is 0.337 e. The van der Waals surface area contributed by atoms with Gasteiger partial charge in [0.25, 0.3) is 0 Å². The summed E-state index contributed by atoms with van der Waals surface area (Å²) in [5, 5.41) is 4.01. The zero-order chi connectivity index (χ0) is 13.9. The molecule has 1 unspecified atom stereocenters. The number of nitrogens with two attached hydrogens (primary N) is 1. The minimum absolute atomic E-state index is 0.401. The van der Waals surface area contributed by atoms with E-state index < -0.39 is 6.04 Å². The van der Waals surface area contributed by atoms with Gasteiger partial charge in [0.1, 0.15) is 6.04 Å². The highest BCUT2D eigenvalue weighted by Gasteiger charge is 2.17. The number of nitrogens with zero attached hydrogens (tertiary/aromatic N) is 2. The number of aromatic nitrogens is 2. The maximum atomic E-state index is 6.14. The molecule has 2 N–H and O–H groups in total. The Morgan fingerprint density at radius 2 is 1.85 bits per heavy atom. The molecular weight excluding hydrogens is 250 g/mol. The predicted octanol–water partition coefficient (Wildman–Crippen LogP) is 3.09. The molecule has 2 aromatic carbocycles. The van der Waals surface area contributed by atoms with Crippen LogP contribution in [0.5, 0.6) is 0 Å². The lowest BCUT2D eigenvalue weighted by Gasteiger charge is -2.05. The summed E-state index contributed by atoms with van der Waals surface area (Å²) in [7, 11) is 0. The second-order valence-electron chi connectivity index (χ2n) is 4.71. The van der Waals surface area contributed by atoms with Gasteiger partial charge in [-0.05, 0) is 18.6 Å². The SMILES string of the molecule is Cc1cccc(-c2noc(C(N)c3ccccc3)n2)c1. The Morgan fingerprint density at radius 1 is 1.05 bits per heavy atom. The van der Waals surface area contributed by atoms with E-state index in [9.17, 15) is 0 Å². The summed E-state index contributed by atoms with van der Waals surface area (Å²) in [6.07, 6.45) is 0. The van der Waals surface area contributed by atoms with Gasteiger partial charge >= 0.3 is 0 Å². The fourth-order valence-corrected chi connectivity index (χ4v) is 2.07. The number of benzene rings is 2. The number of hydrogen-bond donors (Lipinski definition) is 1. The van der Waals surface area contributed by atoms with Crippen LogP contribution in [0.4, 0.5) is 0 Å². The molecule has 3 rings (SSSR count). The smallest absolute Gasteiger partial charge is 0.248 e.